The van der Waals surface area contributed by atoms with Gasteiger partial charge in [-0.3, -0.25) is 4.79 Å². The topological polar surface area (TPSA) is 52.3 Å². The van der Waals surface area contributed by atoms with Crippen molar-refractivity contribution in [3.8, 4) is 17.2 Å². The quantitative estimate of drug-likeness (QED) is 0.369. The standard InChI is InChI=1S/C20H14BrNO3/c21-11-13-2-1-3-14(8-13)12-24-16-5-7-18-20(10-16)25-19-9-15(23)4-6-17(19)22-18/h1-10H,11-12H2. The summed E-state index contributed by atoms with van der Waals surface area (Å²) >= 11 is 3.46. The van der Waals surface area contributed by atoms with E-state index in [9.17, 15) is 4.79 Å². The Morgan fingerprint density at radius 3 is 2.76 bits per heavy atom. The van der Waals surface area contributed by atoms with Gasteiger partial charge in [-0.1, -0.05) is 40.2 Å². The molecule has 2 aliphatic rings. The van der Waals surface area contributed by atoms with Crippen molar-refractivity contribution >= 4 is 27.0 Å². The summed E-state index contributed by atoms with van der Waals surface area (Å²) in [4.78, 5) is 16.0. The summed E-state index contributed by atoms with van der Waals surface area (Å²) in [5, 5.41) is 0.816. The Kier molecular flexibility index (Phi) is 4.24. The van der Waals surface area contributed by atoms with Crippen LogP contribution in [0.4, 0.5) is 0 Å². The SMILES string of the molecule is O=c1ccc2nc3ccc(OCc4cccc(CBr)c4)cc3oc-2c1. The predicted octanol–water partition coefficient (Wildman–Crippen LogP) is 4.77. The smallest absolute Gasteiger partial charge is 0.182 e. The molecule has 0 N–H and O–H groups in total. The molecule has 0 saturated carbocycles. The first-order chi connectivity index (χ1) is 12.2. The van der Waals surface area contributed by atoms with Gasteiger partial charge < -0.3 is 9.15 Å². The van der Waals surface area contributed by atoms with E-state index in [4.69, 9.17) is 9.15 Å². The summed E-state index contributed by atoms with van der Waals surface area (Å²) in [6, 6.07) is 18.3. The highest BCUT2D eigenvalue weighted by Crippen LogP contribution is 2.26. The van der Waals surface area contributed by atoms with Gasteiger partial charge in [0.2, 0.25) is 0 Å². The highest BCUT2D eigenvalue weighted by atomic mass is 79.9. The minimum Gasteiger partial charge on any atom is -0.489 e. The van der Waals surface area contributed by atoms with Gasteiger partial charge in [-0.05, 0) is 35.4 Å². The molecule has 0 unspecified atom stereocenters. The average Bonchev–Trinajstić information content (AvgIpc) is 2.64. The highest BCUT2D eigenvalue weighted by Gasteiger charge is 2.10. The van der Waals surface area contributed by atoms with Crippen molar-refractivity contribution in [3.05, 3.63) is 82.0 Å². The van der Waals surface area contributed by atoms with Crippen molar-refractivity contribution in [3.63, 3.8) is 0 Å². The number of fused-ring (bicyclic) bond motifs is 2. The monoisotopic (exact) mass is 395 g/mol. The largest absolute Gasteiger partial charge is 0.489 e. The number of ether oxygens (including phenoxy) is 1. The Labute approximate surface area is 152 Å². The molecule has 2 aromatic carbocycles. The third kappa shape index (κ3) is 3.42. The van der Waals surface area contributed by atoms with Gasteiger partial charge in [0.15, 0.2) is 16.8 Å². The van der Waals surface area contributed by atoms with Gasteiger partial charge in [0.25, 0.3) is 0 Å². The third-order valence-electron chi connectivity index (χ3n) is 3.87. The van der Waals surface area contributed by atoms with Crippen LogP contribution in [-0.4, -0.2) is 4.98 Å². The molecule has 1 heterocycles. The maximum atomic E-state index is 11.5. The molecule has 0 atom stereocenters. The summed E-state index contributed by atoms with van der Waals surface area (Å²) in [5.41, 5.74) is 4.17. The number of aromatic nitrogens is 1. The van der Waals surface area contributed by atoms with Crippen LogP contribution in [0.3, 0.4) is 0 Å². The molecule has 0 aromatic heterocycles. The normalized spacial score (nSPS) is 11.1. The number of rotatable bonds is 4. The van der Waals surface area contributed by atoms with Crippen molar-refractivity contribution in [2.24, 2.45) is 0 Å². The first-order valence-electron chi connectivity index (χ1n) is 7.82. The molecule has 0 saturated heterocycles. The summed E-state index contributed by atoms with van der Waals surface area (Å²) in [6.07, 6.45) is 0. The number of hydrogen-bond donors (Lipinski definition) is 0. The van der Waals surface area contributed by atoms with Crippen LogP contribution in [0.1, 0.15) is 11.1 Å². The van der Waals surface area contributed by atoms with Gasteiger partial charge in [-0.25, -0.2) is 4.98 Å². The second kappa shape index (κ2) is 6.69. The molecule has 4 nitrogen and oxygen atoms in total. The highest BCUT2D eigenvalue weighted by molar-refractivity contribution is 9.08. The average molecular weight is 396 g/mol. The van der Waals surface area contributed by atoms with E-state index >= 15 is 0 Å². The number of halogens is 1. The predicted molar refractivity (Wildman–Crippen MR) is 100 cm³/mol. The third-order valence-corrected chi connectivity index (χ3v) is 4.52. The lowest BCUT2D eigenvalue weighted by atomic mass is 10.1. The molecule has 25 heavy (non-hydrogen) atoms. The Balaban J connectivity index is 1.63. The summed E-state index contributed by atoms with van der Waals surface area (Å²) in [7, 11) is 0. The fourth-order valence-electron chi connectivity index (χ4n) is 2.64. The van der Waals surface area contributed by atoms with Crippen LogP contribution in [0.25, 0.3) is 22.6 Å². The summed E-state index contributed by atoms with van der Waals surface area (Å²) in [6.45, 7) is 0.470. The van der Waals surface area contributed by atoms with E-state index in [1.165, 1.54) is 17.7 Å². The fourth-order valence-corrected chi connectivity index (χ4v) is 2.99. The summed E-state index contributed by atoms with van der Waals surface area (Å²) in [5.74, 6) is 1.17. The van der Waals surface area contributed by atoms with Gasteiger partial charge in [-0.2, -0.15) is 0 Å². The molecule has 0 spiro atoms. The summed E-state index contributed by atoms with van der Waals surface area (Å²) < 4.78 is 11.7. The van der Waals surface area contributed by atoms with E-state index in [-0.39, 0.29) is 5.43 Å². The zero-order valence-corrected chi connectivity index (χ0v) is 14.8. The second-order valence-electron chi connectivity index (χ2n) is 5.72. The Bertz CT molecular complexity index is 1070. The molecule has 4 rings (SSSR count). The van der Waals surface area contributed by atoms with Crippen molar-refractivity contribution in [2.75, 3.05) is 0 Å². The van der Waals surface area contributed by atoms with Crippen molar-refractivity contribution in [2.45, 2.75) is 11.9 Å². The molecule has 0 amide bonds. The van der Waals surface area contributed by atoms with E-state index in [2.05, 4.69) is 33.0 Å². The van der Waals surface area contributed by atoms with Gasteiger partial charge in [0, 0.05) is 17.5 Å². The lowest BCUT2D eigenvalue weighted by molar-refractivity contribution is 0.306. The molecule has 124 valence electrons. The Morgan fingerprint density at radius 1 is 1.00 bits per heavy atom. The molecular formula is C20H14BrNO3. The number of nitrogens with zero attached hydrogens (tertiary/aromatic N) is 1. The molecule has 0 radical (unpaired) electrons. The first kappa shape index (κ1) is 15.8. The zero-order chi connectivity index (χ0) is 17.2. The lowest BCUT2D eigenvalue weighted by Gasteiger charge is -2.09. The molecule has 5 heteroatoms. The second-order valence-corrected chi connectivity index (χ2v) is 6.28. The van der Waals surface area contributed by atoms with Gasteiger partial charge in [0.1, 0.15) is 23.6 Å². The van der Waals surface area contributed by atoms with Crippen LogP contribution in [0.5, 0.6) is 5.75 Å². The first-order valence-corrected chi connectivity index (χ1v) is 8.95. The van der Waals surface area contributed by atoms with Crippen LogP contribution < -0.4 is 10.2 Å². The van der Waals surface area contributed by atoms with E-state index in [0.717, 1.165) is 16.4 Å². The molecule has 0 bridgehead atoms. The van der Waals surface area contributed by atoms with Crippen molar-refractivity contribution < 1.29 is 9.15 Å². The van der Waals surface area contributed by atoms with Crippen LogP contribution >= 0.6 is 15.9 Å². The van der Waals surface area contributed by atoms with Crippen molar-refractivity contribution in [1.29, 1.82) is 0 Å². The van der Waals surface area contributed by atoms with Crippen LogP contribution in [0.15, 0.2) is 69.9 Å². The van der Waals surface area contributed by atoms with Crippen LogP contribution in [0, 0.1) is 0 Å². The van der Waals surface area contributed by atoms with E-state index in [0.29, 0.717) is 29.4 Å². The molecule has 1 aliphatic heterocycles. The molecular weight excluding hydrogens is 382 g/mol. The fraction of sp³-hybridized carbons (Fsp3) is 0.100. The lowest BCUT2D eigenvalue weighted by Crippen LogP contribution is -2.00. The van der Waals surface area contributed by atoms with Gasteiger partial charge >= 0.3 is 0 Å². The Morgan fingerprint density at radius 2 is 1.88 bits per heavy atom. The van der Waals surface area contributed by atoms with E-state index < -0.39 is 0 Å². The minimum absolute atomic E-state index is 0.100. The molecule has 0 fully saturated rings. The maximum Gasteiger partial charge on any atom is 0.182 e. The number of alkyl halides is 1. The minimum atomic E-state index is -0.100. The number of benzene rings is 3. The van der Waals surface area contributed by atoms with Gasteiger partial charge in [-0.15, -0.1) is 0 Å². The molecule has 1 aliphatic carbocycles. The van der Waals surface area contributed by atoms with E-state index in [1.54, 1.807) is 12.1 Å². The maximum absolute atomic E-state index is 11.5. The van der Waals surface area contributed by atoms with Gasteiger partial charge in [0.05, 0.1) is 0 Å². The van der Waals surface area contributed by atoms with Crippen LogP contribution in [-0.2, 0) is 11.9 Å². The zero-order valence-electron chi connectivity index (χ0n) is 13.2. The van der Waals surface area contributed by atoms with Crippen LogP contribution in [0.2, 0.25) is 0 Å². The Hall–Kier alpha value is -2.66. The number of hydrogen-bond acceptors (Lipinski definition) is 4. The van der Waals surface area contributed by atoms with Crippen molar-refractivity contribution in [1.82, 2.24) is 4.98 Å². The molecule has 2 aromatic rings. The van der Waals surface area contributed by atoms with E-state index in [1.807, 2.05) is 24.3 Å².